The summed E-state index contributed by atoms with van der Waals surface area (Å²) in [6.07, 6.45) is 5.40. The zero-order valence-corrected chi connectivity index (χ0v) is 36.6. The molecule has 0 aromatic rings. The van der Waals surface area contributed by atoms with E-state index < -0.39 is 36.2 Å². The first-order chi connectivity index (χ1) is 19.0. The molecule has 0 bridgehead atoms. The van der Waals surface area contributed by atoms with Crippen molar-refractivity contribution in [3.8, 4) is 0 Å². The summed E-state index contributed by atoms with van der Waals surface area (Å²) in [6.45, 7) is 31.8. The highest BCUT2D eigenvalue weighted by molar-refractivity contribution is 7.65. The zero-order chi connectivity index (χ0) is 34.8. The van der Waals surface area contributed by atoms with Crippen LogP contribution < -0.4 is 0 Å². The van der Waals surface area contributed by atoms with Crippen LogP contribution in [0.15, 0.2) is 23.7 Å². The molecule has 0 unspecified atom stereocenters. The Bertz CT molecular complexity index is 817. The number of rotatable bonds is 10. The van der Waals surface area contributed by atoms with Gasteiger partial charge >= 0.3 is 0 Å². The highest BCUT2D eigenvalue weighted by Gasteiger charge is 2.16. The van der Waals surface area contributed by atoms with E-state index in [1.807, 2.05) is 62.2 Å². The first-order valence-electron chi connectivity index (χ1n) is 14.8. The van der Waals surface area contributed by atoms with Gasteiger partial charge in [-0.2, -0.15) is 0 Å². The normalized spacial score (nSPS) is 11.8. The van der Waals surface area contributed by atoms with Gasteiger partial charge in [-0.1, -0.05) is 27.7 Å². The van der Waals surface area contributed by atoms with Gasteiger partial charge in [0, 0.05) is 62.8 Å². The first kappa shape index (κ1) is 52.5. The molecule has 0 saturated heterocycles. The van der Waals surface area contributed by atoms with Crippen LogP contribution in [0.2, 0.25) is 0 Å². The van der Waals surface area contributed by atoms with E-state index in [4.69, 9.17) is 18.1 Å². The number of hydrogen-bond acceptors (Lipinski definition) is 9. The van der Waals surface area contributed by atoms with Crippen molar-refractivity contribution >= 4 is 36.2 Å². The van der Waals surface area contributed by atoms with Crippen molar-refractivity contribution in [3.63, 3.8) is 0 Å². The van der Waals surface area contributed by atoms with Crippen LogP contribution in [0.25, 0.3) is 0 Å². The highest BCUT2D eigenvalue weighted by Crippen LogP contribution is 2.49. The van der Waals surface area contributed by atoms with Gasteiger partial charge in [-0.25, -0.2) is 0 Å². The van der Waals surface area contributed by atoms with Gasteiger partial charge in [0.25, 0.3) is 0 Å². The molecule has 0 heterocycles. The van der Waals surface area contributed by atoms with Crippen LogP contribution in [-0.4, -0.2) is 133 Å². The van der Waals surface area contributed by atoms with Gasteiger partial charge in [0.05, 0.1) is 12.2 Å². The maximum Gasteiger partial charge on any atom is 0.209 e. The summed E-state index contributed by atoms with van der Waals surface area (Å²) in [5.74, 6) is 0. The Hall–Kier alpha value is 0.990. The first-order valence-corrected chi connectivity index (χ1v) is 27.0. The lowest BCUT2D eigenvalue weighted by Crippen LogP contribution is -2.06. The summed E-state index contributed by atoms with van der Waals surface area (Å²) >= 11 is 0. The minimum absolute atomic E-state index is 0.172. The molecule has 262 valence electrons. The summed E-state index contributed by atoms with van der Waals surface area (Å²) in [4.78, 5) is 0. The Balaban J connectivity index is -0.000000139. The van der Waals surface area contributed by atoms with Gasteiger partial charge in [0.2, 0.25) is 15.0 Å². The Morgan fingerprint density at radius 2 is 0.690 bits per heavy atom. The summed E-state index contributed by atoms with van der Waals surface area (Å²) in [7, 11) is 6.35. The second-order valence-corrected chi connectivity index (χ2v) is 29.3. The molecule has 0 aromatic carbocycles. The molecular formula is C28H76N5O4P5. The van der Waals surface area contributed by atoms with Gasteiger partial charge in [-0.15, -0.1) is 0 Å². The molecule has 0 aliphatic heterocycles. The molecule has 0 aliphatic carbocycles. The van der Waals surface area contributed by atoms with E-state index in [1.165, 1.54) is 24.6 Å². The van der Waals surface area contributed by atoms with Crippen LogP contribution in [0, 0.1) is 0 Å². The largest absolute Gasteiger partial charge is 0.327 e. The molecule has 0 atom stereocenters. The van der Waals surface area contributed by atoms with Crippen molar-refractivity contribution in [1.29, 1.82) is 0 Å². The molecule has 0 aromatic heterocycles. The van der Waals surface area contributed by atoms with E-state index in [0.717, 1.165) is 0 Å². The summed E-state index contributed by atoms with van der Waals surface area (Å²) in [5.41, 5.74) is 0. The molecule has 0 fully saturated rings. The van der Waals surface area contributed by atoms with Gasteiger partial charge in [0.1, 0.15) is 0 Å². The summed E-state index contributed by atoms with van der Waals surface area (Å²) in [5, 5.41) is 0. The second-order valence-electron chi connectivity index (χ2n) is 11.2. The van der Waals surface area contributed by atoms with E-state index >= 15 is 0 Å². The Morgan fingerprint density at radius 3 is 0.738 bits per heavy atom. The zero-order valence-electron chi connectivity index (χ0n) is 32.1. The van der Waals surface area contributed by atoms with Crippen LogP contribution in [0.1, 0.15) is 55.4 Å². The summed E-state index contributed by atoms with van der Waals surface area (Å²) < 4.78 is 42.1. The molecule has 0 aliphatic rings. The van der Waals surface area contributed by atoms with Gasteiger partial charge in [-0.05, 0) is 107 Å². The molecular weight excluding hydrogens is 625 g/mol. The second kappa shape index (κ2) is 28.2. The van der Waals surface area contributed by atoms with Crippen molar-refractivity contribution in [2.24, 2.45) is 23.7 Å². The molecule has 0 saturated carbocycles. The lowest BCUT2D eigenvalue weighted by molar-refractivity contribution is 0.172. The molecule has 9 nitrogen and oxygen atoms in total. The maximum absolute atomic E-state index is 5.62. The van der Waals surface area contributed by atoms with Crippen LogP contribution in [-0.2, 0) is 18.1 Å². The number of nitrogens with zero attached hydrogens (tertiary/aromatic N) is 5. The number of hydrogen-bond donors (Lipinski definition) is 0. The van der Waals surface area contributed by atoms with Crippen LogP contribution >= 0.6 is 36.2 Å². The van der Waals surface area contributed by atoms with Crippen molar-refractivity contribution in [3.05, 3.63) is 0 Å². The van der Waals surface area contributed by atoms with Crippen molar-refractivity contribution in [2.45, 2.75) is 67.6 Å². The van der Waals surface area contributed by atoms with Crippen LogP contribution in [0.3, 0.4) is 0 Å². The molecule has 14 heteroatoms. The maximum atomic E-state index is 5.62. The van der Waals surface area contributed by atoms with Gasteiger partial charge in [0.15, 0.2) is 0 Å². The van der Waals surface area contributed by atoms with E-state index in [1.54, 1.807) is 28.3 Å². The standard InChI is InChI=1S/C8H20NO2P.2C6H16NP.C4H12NO2P.C4H12NP/c1-7(2)10-12(6,9-5)11-8(3)4;3*1-5-8(4,6-2)7-3;1-5-6(2,3)4/h7-8H,1-6H3;2*5-6H2,1-4H3;1-4H3;1-4H3. The fourth-order valence-electron chi connectivity index (χ4n) is 2.15. The molecule has 42 heavy (non-hydrogen) atoms. The highest BCUT2D eigenvalue weighted by atomic mass is 31.2. The summed E-state index contributed by atoms with van der Waals surface area (Å²) in [6, 6.07) is 0. The lowest BCUT2D eigenvalue weighted by atomic mass is 10.5. The molecule has 0 amide bonds. The monoisotopic (exact) mass is 701 g/mol. The molecule has 0 radical (unpaired) electrons. The van der Waals surface area contributed by atoms with E-state index in [9.17, 15) is 0 Å². The van der Waals surface area contributed by atoms with Crippen molar-refractivity contribution < 1.29 is 18.1 Å². The van der Waals surface area contributed by atoms with Gasteiger partial charge < -0.3 is 32.3 Å². The third-order valence-corrected chi connectivity index (χ3v) is 19.5. The Labute approximate surface area is 265 Å². The molecule has 0 rings (SSSR count). The lowest BCUT2D eigenvalue weighted by Gasteiger charge is -2.23. The predicted molar refractivity (Wildman–Crippen MR) is 206 cm³/mol. The fraction of sp³-hybridized carbons (Fsp3) is 1.00. The quantitative estimate of drug-likeness (QED) is 0.212. The Kier molecular flexibility index (Phi) is 35.3. The van der Waals surface area contributed by atoms with Crippen molar-refractivity contribution in [1.82, 2.24) is 0 Å². The van der Waals surface area contributed by atoms with E-state index in [0.29, 0.717) is 0 Å². The van der Waals surface area contributed by atoms with Gasteiger partial charge in [-0.3, -0.25) is 9.49 Å². The van der Waals surface area contributed by atoms with E-state index in [-0.39, 0.29) is 12.2 Å². The van der Waals surface area contributed by atoms with Crippen LogP contribution in [0.5, 0.6) is 0 Å². The third-order valence-electron chi connectivity index (χ3n) is 6.51. The minimum atomic E-state index is -1.94. The molecule has 0 spiro atoms. The third kappa shape index (κ3) is 33.9. The topological polar surface area (TPSA) is 98.7 Å². The average molecular weight is 702 g/mol. The van der Waals surface area contributed by atoms with Crippen LogP contribution in [0.4, 0.5) is 0 Å². The Morgan fingerprint density at radius 1 is 0.452 bits per heavy atom. The fourth-order valence-corrected chi connectivity index (χ4v) is 6.46. The average Bonchev–Trinajstić information content (AvgIpc) is 2.96. The van der Waals surface area contributed by atoms with E-state index in [2.05, 4.69) is 84.7 Å². The van der Waals surface area contributed by atoms with Crippen molar-refractivity contribution in [2.75, 3.05) is 121 Å². The molecule has 0 N–H and O–H groups in total. The SMILES string of the molecule is CCP(C)(CC)=NC.CCP(C)(CC)=NC.CN=P(C)(C)C.CN=P(C)(OC(C)C)OC(C)C.CN=P(C)(OC)OC. The smallest absolute Gasteiger partial charge is 0.209 e. The minimum Gasteiger partial charge on any atom is -0.327 e. The predicted octanol–water partition coefficient (Wildman–Crippen LogP) is 11.4.